The summed E-state index contributed by atoms with van der Waals surface area (Å²) in [5.41, 5.74) is 11.6. The summed E-state index contributed by atoms with van der Waals surface area (Å²) in [6.07, 6.45) is 8.65. The molecule has 2 aliphatic rings. The van der Waals surface area contributed by atoms with E-state index in [0.717, 1.165) is 47.2 Å². The molecule has 0 spiro atoms. The van der Waals surface area contributed by atoms with Crippen LogP contribution in [0.3, 0.4) is 0 Å². The van der Waals surface area contributed by atoms with Crippen molar-refractivity contribution in [3.05, 3.63) is 66.1 Å². The summed E-state index contributed by atoms with van der Waals surface area (Å²) in [5.74, 6) is 0.615. The minimum atomic E-state index is -3.76. The average Bonchev–Trinajstić information content (AvgIpc) is 3.75. The van der Waals surface area contributed by atoms with Crippen LogP contribution in [0.15, 0.2) is 53.9 Å². The Labute approximate surface area is 253 Å². The second-order valence-corrected chi connectivity index (χ2v) is 13.4. The number of nitrogens with one attached hydrogen (secondary N) is 1. The van der Waals surface area contributed by atoms with E-state index >= 15 is 0 Å². The smallest absolute Gasteiger partial charge is 0.292 e. The van der Waals surface area contributed by atoms with Gasteiger partial charge >= 0.3 is 0 Å². The molecule has 3 atom stereocenters. The maximum Gasteiger partial charge on any atom is 0.292 e. The van der Waals surface area contributed by atoms with Crippen LogP contribution in [-0.4, -0.2) is 79.4 Å². The van der Waals surface area contributed by atoms with Crippen LogP contribution in [0, 0.1) is 6.92 Å². The molecule has 3 N–H and O–H groups in total. The van der Waals surface area contributed by atoms with Crippen molar-refractivity contribution in [2.45, 2.75) is 55.5 Å². The number of rotatable bonds is 6. The van der Waals surface area contributed by atoms with Gasteiger partial charge in [-0.15, -0.1) is 10.2 Å². The van der Waals surface area contributed by atoms with Gasteiger partial charge in [0, 0.05) is 47.1 Å². The van der Waals surface area contributed by atoms with Crippen molar-refractivity contribution in [3.63, 3.8) is 0 Å². The molecule has 0 saturated carbocycles. The predicted octanol–water partition coefficient (Wildman–Crippen LogP) is 3.43. The predicted molar refractivity (Wildman–Crippen MR) is 162 cm³/mol. The van der Waals surface area contributed by atoms with Crippen LogP contribution in [0.5, 0.6) is 5.75 Å². The van der Waals surface area contributed by atoms with E-state index in [1.165, 1.54) is 10.8 Å². The van der Waals surface area contributed by atoms with Gasteiger partial charge < -0.3 is 20.4 Å². The molecule has 5 aromatic rings. The quantitative estimate of drug-likeness (QED) is 0.289. The van der Waals surface area contributed by atoms with Crippen molar-refractivity contribution >= 4 is 27.2 Å². The van der Waals surface area contributed by atoms with Gasteiger partial charge in [-0.25, -0.2) is 13.4 Å². The number of nitrogens with two attached hydrogens (primary N) is 1. The first-order valence-electron chi connectivity index (χ1n) is 14.3. The van der Waals surface area contributed by atoms with Crippen LogP contribution >= 0.6 is 0 Å². The standard InChI is InChI=1S/C30H31N9O4S/c1-16-10-17(5-9-24(16)43-2)23-8-4-18(13-32-23)22-14-35-39-27(31)26(44(3,41)42)25(36-29(22)39)19-11-20-6-7-21(12-19)38(20)30(40)28-33-15-34-37-28/h4-5,8-10,13-15,19-21H,6-7,11-12,31H2,1-3H3,(H,33,34,37)/t19-,20-,21+. The molecule has 0 aliphatic carbocycles. The number of aromatic amines is 1. The van der Waals surface area contributed by atoms with Crippen molar-refractivity contribution < 1.29 is 17.9 Å². The van der Waals surface area contributed by atoms with Gasteiger partial charge in [0.15, 0.2) is 15.5 Å². The highest BCUT2D eigenvalue weighted by Crippen LogP contribution is 2.45. The summed E-state index contributed by atoms with van der Waals surface area (Å²) >= 11 is 0. The maximum atomic E-state index is 13.2. The largest absolute Gasteiger partial charge is 0.496 e. The lowest BCUT2D eigenvalue weighted by molar-refractivity contribution is 0.0556. The number of anilines is 1. The number of carbonyl (C=O) groups excluding carboxylic acids is 1. The molecule has 44 heavy (non-hydrogen) atoms. The number of fused-ring (bicyclic) bond motifs is 3. The van der Waals surface area contributed by atoms with Gasteiger partial charge in [0.2, 0.25) is 5.82 Å². The number of ether oxygens (including phenoxy) is 1. The van der Waals surface area contributed by atoms with Crippen LogP contribution in [0.1, 0.15) is 53.5 Å². The number of nitrogen functional groups attached to an aromatic ring is 1. The number of aromatic nitrogens is 7. The monoisotopic (exact) mass is 613 g/mol. The second kappa shape index (κ2) is 10.4. The fourth-order valence-electron chi connectivity index (χ4n) is 6.80. The summed E-state index contributed by atoms with van der Waals surface area (Å²) < 4.78 is 33.0. The molecule has 1 amide bonds. The number of piperidine rings is 1. The number of hydrogen-bond acceptors (Lipinski definition) is 10. The van der Waals surface area contributed by atoms with E-state index in [0.29, 0.717) is 29.7 Å². The Balaban J connectivity index is 1.26. The lowest BCUT2D eigenvalue weighted by atomic mass is 9.87. The molecule has 1 aromatic carbocycles. The number of sulfone groups is 1. The van der Waals surface area contributed by atoms with E-state index in [9.17, 15) is 13.2 Å². The molecule has 14 heteroatoms. The van der Waals surface area contributed by atoms with Gasteiger partial charge in [0.25, 0.3) is 5.91 Å². The van der Waals surface area contributed by atoms with Crippen molar-refractivity contribution in [3.8, 4) is 28.1 Å². The van der Waals surface area contributed by atoms with Crippen molar-refractivity contribution in [2.24, 2.45) is 0 Å². The molecule has 2 fully saturated rings. The zero-order chi connectivity index (χ0) is 30.7. The fourth-order valence-corrected chi connectivity index (χ4v) is 7.86. The Hall–Kier alpha value is -4.85. The highest BCUT2D eigenvalue weighted by atomic mass is 32.2. The SMILES string of the molecule is COc1ccc(-c2ccc(-c3cnn4c(N)c(S(C)(=O)=O)c([C@@H]5C[C@H]6CC[C@@H](C5)N6C(=O)c5nnc[nH]5)nc34)cn2)cc1C. The van der Waals surface area contributed by atoms with Crippen molar-refractivity contribution in [2.75, 3.05) is 19.1 Å². The van der Waals surface area contributed by atoms with Crippen LogP contribution in [0.4, 0.5) is 5.82 Å². The molecule has 0 unspecified atom stereocenters. The Bertz CT molecular complexity index is 1990. The summed E-state index contributed by atoms with van der Waals surface area (Å²) in [6.45, 7) is 1.98. The van der Waals surface area contributed by atoms with Crippen LogP contribution in [0.25, 0.3) is 28.0 Å². The molecule has 226 valence electrons. The van der Waals surface area contributed by atoms with Crippen LogP contribution < -0.4 is 10.5 Å². The molecular weight excluding hydrogens is 582 g/mol. The molecular formula is C30H31N9O4S. The number of amides is 1. The minimum absolute atomic E-state index is 0.0117. The summed E-state index contributed by atoms with van der Waals surface area (Å²) in [7, 11) is -2.11. The summed E-state index contributed by atoms with van der Waals surface area (Å²) in [5, 5.41) is 12.1. The number of methoxy groups -OCH3 is 1. The third kappa shape index (κ3) is 4.56. The number of hydrogen-bond donors (Lipinski definition) is 2. The topological polar surface area (TPSA) is 174 Å². The number of aryl methyl sites for hydroxylation is 1. The molecule has 6 heterocycles. The normalized spacial score (nSPS) is 19.9. The Morgan fingerprint density at radius 3 is 2.45 bits per heavy atom. The Kier molecular flexibility index (Phi) is 6.61. The van der Waals surface area contributed by atoms with Gasteiger partial charge in [-0.2, -0.15) is 9.61 Å². The van der Waals surface area contributed by atoms with Gasteiger partial charge in [0.05, 0.1) is 24.7 Å². The van der Waals surface area contributed by atoms with E-state index in [2.05, 4.69) is 20.3 Å². The highest BCUT2D eigenvalue weighted by Gasteiger charge is 2.46. The number of pyridine rings is 1. The second-order valence-electron chi connectivity index (χ2n) is 11.5. The highest BCUT2D eigenvalue weighted by molar-refractivity contribution is 7.91. The third-order valence-electron chi connectivity index (χ3n) is 8.77. The van der Waals surface area contributed by atoms with Gasteiger partial charge in [-0.05, 0) is 62.4 Å². The van der Waals surface area contributed by atoms with E-state index in [1.54, 1.807) is 19.5 Å². The number of H-pyrrole nitrogens is 1. The molecule has 7 rings (SSSR count). The summed E-state index contributed by atoms with van der Waals surface area (Å²) in [4.78, 5) is 27.5. The molecule has 2 saturated heterocycles. The van der Waals surface area contributed by atoms with E-state index < -0.39 is 9.84 Å². The van der Waals surface area contributed by atoms with Crippen LogP contribution in [-0.2, 0) is 9.84 Å². The van der Waals surface area contributed by atoms with Crippen LogP contribution in [0.2, 0.25) is 0 Å². The van der Waals surface area contributed by atoms with Gasteiger partial charge in [0.1, 0.15) is 22.8 Å². The van der Waals surface area contributed by atoms with E-state index in [1.807, 2.05) is 42.2 Å². The molecule has 13 nitrogen and oxygen atoms in total. The first-order valence-corrected chi connectivity index (χ1v) is 16.2. The van der Waals surface area contributed by atoms with Crippen molar-refractivity contribution in [1.82, 2.24) is 39.7 Å². The van der Waals surface area contributed by atoms with Gasteiger partial charge in [-0.1, -0.05) is 6.07 Å². The first kappa shape index (κ1) is 28.0. The molecule has 2 aliphatic heterocycles. The summed E-state index contributed by atoms with van der Waals surface area (Å²) in [6, 6.07) is 9.61. The van der Waals surface area contributed by atoms with E-state index in [-0.39, 0.29) is 40.4 Å². The maximum absolute atomic E-state index is 13.2. The molecule has 0 radical (unpaired) electrons. The van der Waals surface area contributed by atoms with E-state index in [4.69, 9.17) is 20.4 Å². The Morgan fingerprint density at radius 1 is 1.09 bits per heavy atom. The zero-order valence-electron chi connectivity index (χ0n) is 24.4. The number of benzene rings is 1. The average molecular weight is 614 g/mol. The third-order valence-corrected chi connectivity index (χ3v) is 9.93. The lowest BCUT2D eigenvalue weighted by Crippen LogP contribution is -2.46. The molecule has 4 aromatic heterocycles. The first-order chi connectivity index (χ1) is 21.1. The minimum Gasteiger partial charge on any atom is -0.496 e. The number of nitrogens with zero attached hydrogens (tertiary/aromatic N) is 7. The van der Waals surface area contributed by atoms with Crippen molar-refractivity contribution in [1.29, 1.82) is 0 Å². The Morgan fingerprint density at radius 2 is 1.84 bits per heavy atom. The van der Waals surface area contributed by atoms with Gasteiger partial charge in [-0.3, -0.25) is 9.78 Å². The lowest BCUT2D eigenvalue weighted by Gasteiger charge is -2.38. The fraction of sp³-hybridized carbons (Fsp3) is 0.333. The number of carbonyl (C=O) groups is 1. The zero-order valence-corrected chi connectivity index (χ0v) is 25.2. The molecule has 2 bridgehead atoms.